The van der Waals surface area contributed by atoms with Crippen LogP contribution in [0.3, 0.4) is 0 Å². The van der Waals surface area contributed by atoms with Gasteiger partial charge in [0.2, 0.25) is 0 Å². The Morgan fingerprint density at radius 2 is 2.50 bits per heavy atom. The lowest BCUT2D eigenvalue weighted by atomic mass is 10.5. The second-order valence-electron chi connectivity index (χ2n) is 0.955. The van der Waals surface area contributed by atoms with E-state index in [9.17, 15) is 8.68 Å². The molecule has 0 rings (SSSR count). The molecule has 0 saturated carbocycles. The summed E-state index contributed by atoms with van der Waals surface area (Å²) in [7, 11) is 0. The van der Waals surface area contributed by atoms with Crippen molar-refractivity contribution in [2.75, 3.05) is 5.75 Å². The van der Waals surface area contributed by atoms with Gasteiger partial charge in [0.1, 0.15) is 5.78 Å². The molecule has 0 aromatic carbocycles. The SMILES string of the molecule is CC(=O)CSF. The van der Waals surface area contributed by atoms with Gasteiger partial charge in [-0.25, -0.2) is 0 Å². The Hall–Kier alpha value is -0.0500. The third-order valence-electron chi connectivity index (χ3n) is 0.258. The summed E-state index contributed by atoms with van der Waals surface area (Å²) >= 11 is 0.0602. The van der Waals surface area contributed by atoms with Crippen LogP contribution in [0.4, 0.5) is 3.89 Å². The Bertz CT molecular complexity index is 54.8. The highest BCUT2D eigenvalue weighted by atomic mass is 32.2. The van der Waals surface area contributed by atoms with Crippen molar-refractivity contribution >= 4 is 17.9 Å². The molecule has 36 valence electrons. The quantitative estimate of drug-likeness (QED) is 0.528. The topological polar surface area (TPSA) is 17.1 Å². The van der Waals surface area contributed by atoms with Crippen molar-refractivity contribution in [3.63, 3.8) is 0 Å². The van der Waals surface area contributed by atoms with E-state index in [4.69, 9.17) is 0 Å². The average Bonchev–Trinajstić information content (AvgIpc) is 1.35. The number of hydrogen-bond donors (Lipinski definition) is 0. The number of halogens is 1. The van der Waals surface area contributed by atoms with Crippen molar-refractivity contribution in [2.45, 2.75) is 6.92 Å². The largest absolute Gasteiger partial charge is 0.299 e. The molecular weight excluding hydrogens is 103 g/mol. The maximum Gasteiger partial charge on any atom is 0.142 e. The van der Waals surface area contributed by atoms with Crippen molar-refractivity contribution < 1.29 is 8.68 Å². The number of carbonyl (C=O) groups is 1. The summed E-state index contributed by atoms with van der Waals surface area (Å²) in [5.74, 6) is -0.137. The van der Waals surface area contributed by atoms with Gasteiger partial charge in [-0.05, 0) is 6.92 Å². The highest BCUT2D eigenvalue weighted by Crippen LogP contribution is 1.97. The first-order valence-corrected chi connectivity index (χ1v) is 2.39. The van der Waals surface area contributed by atoms with Crippen molar-refractivity contribution in [3.05, 3.63) is 0 Å². The van der Waals surface area contributed by atoms with Crippen LogP contribution in [0.5, 0.6) is 0 Å². The van der Waals surface area contributed by atoms with Gasteiger partial charge in [-0.15, -0.1) is 0 Å². The van der Waals surface area contributed by atoms with E-state index in [0.29, 0.717) is 0 Å². The van der Waals surface area contributed by atoms with Gasteiger partial charge in [0.15, 0.2) is 0 Å². The van der Waals surface area contributed by atoms with E-state index in [-0.39, 0.29) is 23.7 Å². The van der Waals surface area contributed by atoms with Crippen LogP contribution in [0.2, 0.25) is 0 Å². The fourth-order valence-corrected chi connectivity index (χ4v) is 0.230. The molecule has 0 N–H and O–H groups in total. The van der Waals surface area contributed by atoms with Crippen LogP contribution >= 0.6 is 12.1 Å². The maximum atomic E-state index is 10.9. The third-order valence-corrected chi connectivity index (χ3v) is 0.773. The van der Waals surface area contributed by atoms with Crippen LogP contribution in [-0.4, -0.2) is 11.5 Å². The predicted octanol–water partition coefficient (Wildman–Crippen LogP) is 1.19. The van der Waals surface area contributed by atoms with Crippen molar-refractivity contribution in [1.82, 2.24) is 0 Å². The summed E-state index contributed by atoms with van der Waals surface area (Å²) in [6, 6.07) is 0. The molecule has 0 atom stereocenters. The minimum Gasteiger partial charge on any atom is -0.299 e. The second kappa shape index (κ2) is 3.15. The first-order valence-electron chi connectivity index (χ1n) is 1.50. The van der Waals surface area contributed by atoms with Gasteiger partial charge in [-0.2, -0.15) is 3.89 Å². The Labute approximate surface area is 40.2 Å². The lowest BCUT2D eigenvalue weighted by Gasteiger charge is -1.76. The number of Topliss-reactive ketones (excluding diaryl/α,β-unsaturated/α-hetero) is 1. The summed E-state index contributed by atoms with van der Waals surface area (Å²) in [6.45, 7) is 1.35. The minimum absolute atomic E-state index is 0.0139. The fourth-order valence-electron chi connectivity index (χ4n) is 0.0768. The van der Waals surface area contributed by atoms with E-state index in [1.165, 1.54) is 6.92 Å². The van der Waals surface area contributed by atoms with Crippen LogP contribution in [0.1, 0.15) is 6.92 Å². The van der Waals surface area contributed by atoms with Crippen LogP contribution in [-0.2, 0) is 4.79 Å². The number of ketones is 1. The molecule has 1 nitrogen and oxygen atoms in total. The first kappa shape index (κ1) is 5.95. The Kier molecular flexibility index (Phi) is 3.13. The molecule has 0 saturated heterocycles. The zero-order valence-corrected chi connectivity index (χ0v) is 4.22. The van der Waals surface area contributed by atoms with Gasteiger partial charge in [0.05, 0.1) is 17.9 Å². The van der Waals surface area contributed by atoms with Crippen molar-refractivity contribution in [1.29, 1.82) is 0 Å². The molecule has 0 bridgehead atoms. The molecule has 0 amide bonds. The molecule has 3 heteroatoms. The van der Waals surface area contributed by atoms with Crippen LogP contribution < -0.4 is 0 Å². The Morgan fingerprint density at radius 1 is 2.00 bits per heavy atom. The summed E-state index contributed by atoms with van der Waals surface area (Å²) in [6.07, 6.45) is 0. The van der Waals surface area contributed by atoms with Gasteiger partial charge < -0.3 is 0 Å². The third kappa shape index (κ3) is 3.95. The number of hydrogen-bond acceptors (Lipinski definition) is 2. The van der Waals surface area contributed by atoms with E-state index in [1.807, 2.05) is 0 Å². The monoisotopic (exact) mass is 108 g/mol. The number of carbonyl (C=O) groups excluding carboxylic acids is 1. The van der Waals surface area contributed by atoms with Gasteiger partial charge in [-0.3, -0.25) is 4.79 Å². The molecule has 0 aromatic heterocycles. The maximum absolute atomic E-state index is 10.9. The molecule has 0 aromatic rings. The minimum atomic E-state index is -0.123. The molecule has 6 heavy (non-hydrogen) atoms. The number of rotatable bonds is 2. The smallest absolute Gasteiger partial charge is 0.142 e. The van der Waals surface area contributed by atoms with E-state index in [1.54, 1.807) is 0 Å². The van der Waals surface area contributed by atoms with Crippen molar-refractivity contribution in [3.8, 4) is 0 Å². The Balaban J connectivity index is 2.83. The summed E-state index contributed by atoms with van der Waals surface area (Å²) in [5, 5.41) is 0. The highest BCUT2D eigenvalue weighted by molar-refractivity contribution is 7.95. The summed E-state index contributed by atoms with van der Waals surface area (Å²) in [5.41, 5.74) is 0. The van der Waals surface area contributed by atoms with E-state index in [0.717, 1.165) is 0 Å². The molecule has 0 unspecified atom stereocenters. The molecule has 0 aliphatic carbocycles. The van der Waals surface area contributed by atoms with Gasteiger partial charge in [0, 0.05) is 0 Å². The first-order chi connectivity index (χ1) is 2.77. The van der Waals surface area contributed by atoms with Gasteiger partial charge in [0.25, 0.3) is 0 Å². The zero-order valence-electron chi connectivity index (χ0n) is 3.40. The standard InChI is InChI=1S/C3H5FOS/c1-3(5)2-6-4/h2H2,1H3. The van der Waals surface area contributed by atoms with Gasteiger partial charge >= 0.3 is 0 Å². The Morgan fingerprint density at radius 3 is 2.50 bits per heavy atom. The summed E-state index contributed by atoms with van der Waals surface area (Å²) in [4.78, 5) is 9.78. The molecule has 0 heterocycles. The van der Waals surface area contributed by atoms with Crippen LogP contribution in [0.15, 0.2) is 0 Å². The molecule has 0 aliphatic rings. The lowest BCUT2D eigenvalue weighted by molar-refractivity contribution is -0.114. The molecule has 0 spiro atoms. The molecule has 0 fully saturated rings. The molecule has 0 radical (unpaired) electrons. The zero-order chi connectivity index (χ0) is 4.99. The predicted molar refractivity (Wildman–Crippen MR) is 24.2 cm³/mol. The molecular formula is C3H5FOS. The van der Waals surface area contributed by atoms with Crippen LogP contribution in [0.25, 0.3) is 0 Å². The van der Waals surface area contributed by atoms with Crippen LogP contribution in [0, 0.1) is 0 Å². The van der Waals surface area contributed by atoms with Gasteiger partial charge in [-0.1, -0.05) is 0 Å². The van der Waals surface area contributed by atoms with Crippen molar-refractivity contribution in [2.24, 2.45) is 0 Å². The lowest BCUT2D eigenvalue weighted by Crippen LogP contribution is -1.89. The van der Waals surface area contributed by atoms with E-state index >= 15 is 0 Å². The second-order valence-corrected chi connectivity index (χ2v) is 1.46. The van der Waals surface area contributed by atoms with E-state index in [2.05, 4.69) is 0 Å². The average molecular weight is 108 g/mol. The normalized spacial score (nSPS) is 8.33. The molecule has 0 aliphatic heterocycles. The summed E-state index contributed by atoms with van der Waals surface area (Å²) < 4.78 is 10.9. The highest BCUT2D eigenvalue weighted by Gasteiger charge is 1.87. The van der Waals surface area contributed by atoms with E-state index < -0.39 is 0 Å². The fraction of sp³-hybridized carbons (Fsp3) is 0.667.